The van der Waals surface area contributed by atoms with Gasteiger partial charge in [-0.3, -0.25) is 0 Å². The molecule has 0 radical (unpaired) electrons. The van der Waals surface area contributed by atoms with Crippen molar-refractivity contribution in [3.63, 3.8) is 0 Å². The van der Waals surface area contributed by atoms with Gasteiger partial charge in [0.25, 0.3) is 0 Å². The summed E-state index contributed by atoms with van der Waals surface area (Å²) in [6.45, 7) is 0. The summed E-state index contributed by atoms with van der Waals surface area (Å²) >= 11 is 0. The molecular formula is C46H31NO. The van der Waals surface area contributed by atoms with E-state index < -0.39 is 0 Å². The summed E-state index contributed by atoms with van der Waals surface area (Å²) < 4.78 is 5.85. The molecule has 0 unspecified atom stereocenters. The van der Waals surface area contributed by atoms with Crippen LogP contribution in [-0.2, 0) is 0 Å². The molecule has 2 heteroatoms. The first-order valence-corrected chi connectivity index (χ1v) is 16.3. The normalized spacial score (nSPS) is 11.3. The Morgan fingerprint density at radius 2 is 0.750 bits per heavy atom. The van der Waals surface area contributed by atoms with Crippen molar-refractivity contribution in [2.75, 3.05) is 4.90 Å². The number of rotatable bonds is 6. The first kappa shape index (κ1) is 27.9. The maximum absolute atomic E-state index is 5.85. The van der Waals surface area contributed by atoms with E-state index in [1.807, 2.05) is 18.4 Å². The molecule has 226 valence electrons. The van der Waals surface area contributed by atoms with E-state index in [-0.39, 0.29) is 0 Å². The minimum Gasteiger partial charge on any atom is -0.464 e. The zero-order valence-electron chi connectivity index (χ0n) is 26.3. The summed E-state index contributed by atoms with van der Waals surface area (Å²) in [4.78, 5) is 2.32. The standard InChI is InChI=1S/C46H31NO/c1-3-9-37-29-39(15-13-32(37)7-1)34-17-23-41(24-18-34)47(43-27-21-36(22-28-43)45-31-48-46-12-6-5-11-44(45)46)42-25-19-35(20-26-42)40-16-14-33-8-2-4-10-38(33)30-40/h1-31H. The van der Waals surface area contributed by atoms with Crippen LogP contribution in [0, 0.1) is 0 Å². The fraction of sp³-hybridized carbons (Fsp3) is 0. The van der Waals surface area contributed by atoms with E-state index in [4.69, 9.17) is 4.42 Å². The lowest BCUT2D eigenvalue weighted by molar-refractivity contribution is 0.617. The molecule has 0 saturated carbocycles. The topological polar surface area (TPSA) is 16.4 Å². The second kappa shape index (κ2) is 11.8. The quantitative estimate of drug-likeness (QED) is 0.185. The van der Waals surface area contributed by atoms with Gasteiger partial charge in [0.2, 0.25) is 0 Å². The lowest BCUT2D eigenvalue weighted by atomic mass is 10.00. The van der Waals surface area contributed by atoms with Gasteiger partial charge in [-0.2, -0.15) is 0 Å². The third kappa shape index (κ3) is 5.10. The average molecular weight is 614 g/mol. The molecule has 0 aliphatic rings. The molecular weight excluding hydrogens is 583 g/mol. The molecule has 9 rings (SSSR count). The van der Waals surface area contributed by atoms with Gasteiger partial charge in [0, 0.05) is 28.0 Å². The van der Waals surface area contributed by atoms with E-state index in [1.165, 1.54) is 43.8 Å². The molecule has 0 fully saturated rings. The van der Waals surface area contributed by atoms with Crippen LogP contribution in [-0.4, -0.2) is 0 Å². The third-order valence-corrected chi connectivity index (χ3v) is 9.33. The monoisotopic (exact) mass is 613 g/mol. The fourth-order valence-electron chi connectivity index (χ4n) is 6.78. The van der Waals surface area contributed by atoms with Crippen molar-refractivity contribution < 1.29 is 4.42 Å². The highest BCUT2D eigenvalue weighted by Gasteiger charge is 2.15. The Hall–Kier alpha value is -6.38. The summed E-state index contributed by atoms with van der Waals surface area (Å²) in [5.74, 6) is 0. The average Bonchev–Trinajstić information content (AvgIpc) is 3.60. The number of benzene rings is 8. The highest BCUT2D eigenvalue weighted by Crippen LogP contribution is 2.39. The van der Waals surface area contributed by atoms with Crippen molar-refractivity contribution >= 4 is 49.6 Å². The van der Waals surface area contributed by atoms with Crippen molar-refractivity contribution in [3.8, 4) is 33.4 Å². The Morgan fingerprint density at radius 1 is 0.333 bits per heavy atom. The van der Waals surface area contributed by atoms with E-state index in [2.05, 4.69) is 175 Å². The van der Waals surface area contributed by atoms with Gasteiger partial charge in [-0.25, -0.2) is 0 Å². The molecule has 1 heterocycles. The maximum Gasteiger partial charge on any atom is 0.134 e. The molecule has 0 bridgehead atoms. The fourth-order valence-corrected chi connectivity index (χ4v) is 6.78. The Morgan fingerprint density at radius 3 is 1.27 bits per heavy atom. The van der Waals surface area contributed by atoms with Crippen LogP contribution in [0.5, 0.6) is 0 Å². The second-order valence-corrected chi connectivity index (χ2v) is 12.2. The number of anilines is 3. The molecule has 9 aromatic rings. The van der Waals surface area contributed by atoms with Crippen LogP contribution in [0.25, 0.3) is 65.9 Å². The van der Waals surface area contributed by atoms with E-state index in [0.717, 1.165) is 39.2 Å². The van der Waals surface area contributed by atoms with Gasteiger partial charge in [-0.1, -0.05) is 127 Å². The minimum absolute atomic E-state index is 0.899. The number of hydrogen-bond donors (Lipinski definition) is 0. The molecule has 48 heavy (non-hydrogen) atoms. The molecule has 0 amide bonds. The van der Waals surface area contributed by atoms with Crippen LogP contribution in [0.4, 0.5) is 17.1 Å². The first-order valence-electron chi connectivity index (χ1n) is 16.3. The molecule has 0 aliphatic heterocycles. The molecule has 2 nitrogen and oxygen atoms in total. The summed E-state index contributed by atoms with van der Waals surface area (Å²) in [7, 11) is 0. The van der Waals surface area contributed by atoms with Crippen molar-refractivity contribution in [2.45, 2.75) is 0 Å². The third-order valence-electron chi connectivity index (χ3n) is 9.33. The van der Waals surface area contributed by atoms with E-state index in [9.17, 15) is 0 Å². The Balaban J connectivity index is 1.09. The number of hydrogen-bond acceptors (Lipinski definition) is 2. The van der Waals surface area contributed by atoms with Gasteiger partial charge in [-0.15, -0.1) is 0 Å². The Kier molecular flexibility index (Phi) is 6.84. The first-order chi connectivity index (χ1) is 23.8. The molecule has 0 N–H and O–H groups in total. The molecule has 1 aromatic heterocycles. The summed E-state index contributed by atoms with van der Waals surface area (Å²) in [6, 6.07) is 65.1. The van der Waals surface area contributed by atoms with Gasteiger partial charge >= 0.3 is 0 Å². The summed E-state index contributed by atoms with van der Waals surface area (Å²) in [5, 5.41) is 6.12. The van der Waals surface area contributed by atoms with Gasteiger partial charge in [0.1, 0.15) is 5.58 Å². The van der Waals surface area contributed by atoms with Crippen LogP contribution in [0.2, 0.25) is 0 Å². The van der Waals surface area contributed by atoms with Crippen LogP contribution in [0.3, 0.4) is 0 Å². The van der Waals surface area contributed by atoms with Gasteiger partial charge in [0.15, 0.2) is 0 Å². The molecule has 0 saturated heterocycles. The molecule has 8 aromatic carbocycles. The van der Waals surface area contributed by atoms with Crippen LogP contribution in [0.1, 0.15) is 0 Å². The predicted molar refractivity (Wildman–Crippen MR) is 202 cm³/mol. The smallest absolute Gasteiger partial charge is 0.134 e. The number of nitrogens with zero attached hydrogens (tertiary/aromatic N) is 1. The molecule has 0 spiro atoms. The Bertz CT molecular complexity index is 2420. The lowest BCUT2D eigenvalue weighted by Crippen LogP contribution is -2.09. The van der Waals surface area contributed by atoms with E-state index in [0.29, 0.717) is 0 Å². The van der Waals surface area contributed by atoms with Gasteiger partial charge < -0.3 is 9.32 Å². The minimum atomic E-state index is 0.899. The summed E-state index contributed by atoms with van der Waals surface area (Å²) in [5.41, 5.74) is 11.2. The van der Waals surface area contributed by atoms with Gasteiger partial charge in [0.05, 0.1) is 6.26 Å². The number of para-hydroxylation sites is 1. The largest absolute Gasteiger partial charge is 0.464 e. The van der Waals surface area contributed by atoms with Crippen molar-refractivity contribution in [3.05, 3.63) is 188 Å². The highest BCUT2D eigenvalue weighted by molar-refractivity contribution is 5.95. The van der Waals surface area contributed by atoms with E-state index in [1.54, 1.807) is 0 Å². The van der Waals surface area contributed by atoms with Crippen LogP contribution < -0.4 is 4.90 Å². The van der Waals surface area contributed by atoms with Crippen molar-refractivity contribution in [1.29, 1.82) is 0 Å². The van der Waals surface area contributed by atoms with Crippen molar-refractivity contribution in [2.24, 2.45) is 0 Å². The second-order valence-electron chi connectivity index (χ2n) is 12.2. The zero-order valence-corrected chi connectivity index (χ0v) is 26.3. The van der Waals surface area contributed by atoms with Crippen LogP contribution >= 0.6 is 0 Å². The number of fused-ring (bicyclic) bond motifs is 3. The molecule has 0 atom stereocenters. The lowest BCUT2D eigenvalue weighted by Gasteiger charge is -2.26. The molecule has 0 aliphatic carbocycles. The van der Waals surface area contributed by atoms with Crippen LogP contribution in [0.15, 0.2) is 193 Å². The Labute approximate surface area is 279 Å². The SMILES string of the molecule is c1ccc2cc(-c3ccc(N(c4ccc(-c5ccc6ccccc6c5)cc4)c4ccc(-c5coc6ccccc56)cc4)cc3)ccc2c1. The van der Waals surface area contributed by atoms with E-state index >= 15 is 0 Å². The highest BCUT2D eigenvalue weighted by atomic mass is 16.3. The zero-order chi connectivity index (χ0) is 31.9. The maximum atomic E-state index is 5.85. The predicted octanol–water partition coefficient (Wildman–Crippen LogP) is 13.2. The van der Waals surface area contributed by atoms with Crippen molar-refractivity contribution in [1.82, 2.24) is 0 Å². The van der Waals surface area contributed by atoms with Gasteiger partial charge in [-0.05, 0) is 104 Å². The number of furan rings is 1. The summed E-state index contributed by atoms with van der Waals surface area (Å²) in [6.07, 6.45) is 1.86.